The van der Waals surface area contributed by atoms with Gasteiger partial charge in [0.25, 0.3) is 0 Å². The van der Waals surface area contributed by atoms with Crippen LogP contribution in [0, 0.1) is 0 Å². The van der Waals surface area contributed by atoms with Crippen molar-refractivity contribution in [3.8, 4) is 0 Å². The van der Waals surface area contributed by atoms with E-state index in [1.165, 1.54) is 0 Å². The summed E-state index contributed by atoms with van der Waals surface area (Å²) >= 11 is 0. The van der Waals surface area contributed by atoms with Crippen LogP contribution < -0.4 is 5.32 Å². The second-order valence-corrected chi connectivity index (χ2v) is 4.76. The van der Waals surface area contributed by atoms with Gasteiger partial charge in [-0.15, -0.1) is 0 Å². The van der Waals surface area contributed by atoms with Crippen molar-refractivity contribution in [3.63, 3.8) is 0 Å². The first kappa shape index (κ1) is 15.8. The predicted molar refractivity (Wildman–Crippen MR) is 66.2 cm³/mol. The Morgan fingerprint density at radius 2 is 1.89 bits per heavy atom. The van der Waals surface area contributed by atoms with Gasteiger partial charge in [-0.2, -0.15) is 0 Å². The van der Waals surface area contributed by atoms with E-state index in [2.05, 4.69) is 5.32 Å². The third kappa shape index (κ3) is 5.17. The largest absolute Gasteiger partial charge is 0.394 e. The summed E-state index contributed by atoms with van der Waals surface area (Å²) in [5, 5.41) is 41.3. The lowest BCUT2D eigenvalue weighted by molar-refractivity contribution is -0.142. The van der Waals surface area contributed by atoms with Crippen LogP contribution in [-0.4, -0.2) is 71.1 Å². The molecule has 108 valence electrons. The van der Waals surface area contributed by atoms with Crippen LogP contribution in [-0.2, 0) is 4.74 Å². The molecule has 1 heterocycles. The van der Waals surface area contributed by atoms with Crippen LogP contribution >= 0.6 is 0 Å². The Morgan fingerprint density at radius 3 is 2.61 bits per heavy atom. The van der Waals surface area contributed by atoms with Crippen LogP contribution in [0.3, 0.4) is 0 Å². The predicted octanol–water partition coefficient (Wildman–Crippen LogP) is -1.39. The number of nitrogens with one attached hydrogen (secondary N) is 1. The topological polar surface area (TPSA) is 102 Å². The van der Waals surface area contributed by atoms with E-state index in [0.717, 1.165) is 32.2 Å². The maximum Gasteiger partial charge on any atom is 0.114 e. The van der Waals surface area contributed by atoms with Crippen molar-refractivity contribution >= 4 is 0 Å². The molecule has 4 atom stereocenters. The van der Waals surface area contributed by atoms with Gasteiger partial charge in [0, 0.05) is 13.2 Å². The van der Waals surface area contributed by atoms with Crippen LogP contribution in [0.1, 0.15) is 25.7 Å². The summed E-state index contributed by atoms with van der Waals surface area (Å²) < 4.78 is 5.40. The number of aliphatic hydroxyl groups is 4. The van der Waals surface area contributed by atoms with E-state index in [4.69, 9.17) is 9.84 Å². The molecule has 5 N–H and O–H groups in total. The molecule has 0 aromatic carbocycles. The average Bonchev–Trinajstić information content (AvgIpc) is 2.38. The fraction of sp³-hybridized carbons (Fsp3) is 1.00. The smallest absolute Gasteiger partial charge is 0.114 e. The molecule has 1 aliphatic heterocycles. The van der Waals surface area contributed by atoms with E-state index in [1.807, 2.05) is 0 Å². The Bertz CT molecular complexity index is 217. The minimum Gasteiger partial charge on any atom is -0.394 e. The number of aliphatic hydroxyl groups excluding tert-OH is 4. The molecule has 1 aliphatic rings. The van der Waals surface area contributed by atoms with Gasteiger partial charge in [0.15, 0.2) is 0 Å². The molecule has 0 saturated carbocycles. The maximum absolute atomic E-state index is 9.94. The second kappa shape index (κ2) is 8.79. The van der Waals surface area contributed by atoms with Gasteiger partial charge in [0.05, 0.1) is 12.7 Å². The number of rotatable bonds is 2. The van der Waals surface area contributed by atoms with Gasteiger partial charge in [-0.05, 0) is 19.4 Å². The van der Waals surface area contributed by atoms with Crippen molar-refractivity contribution in [2.75, 3.05) is 26.3 Å². The molecule has 1 rings (SSSR count). The van der Waals surface area contributed by atoms with Gasteiger partial charge in [-0.1, -0.05) is 12.8 Å². The van der Waals surface area contributed by atoms with E-state index in [1.54, 1.807) is 0 Å². The summed E-state index contributed by atoms with van der Waals surface area (Å²) in [7, 11) is 0. The first-order valence-corrected chi connectivity index (χ1v) is 6.64. The lowest BCUT2D eigenvalue weighted by atomic mass is 10.0. The number of hydrogen-bond donors (Lipinski definition) is 5. The summed E-state index contributed by atoms with van der Waals surface area (Å²) in [6.07, 6.45) is -0.369. The first-order chi connectivity index (χ1) is 8.66. The molecule has 6 nitrogen and oxygen atoms in total. The fourth-order valence-electron chi connectivity index (χ4n) is 2.06. The zero-order valence-corrected chi connectivity index (χ0v) is 10.7. The van der Waals surface area contributed by atoms with Gasteiger partial charge in [-0.3, -0.25) is 0 Å². The second-order valence-electron chi connectivity index (χ2n) is 4.76. The van der Waals surface area contributed by atoms with Crippen LogP contribution in [0.4, 0.5) is 0 Å². The van der Waals surface area contributed by atoms with Crippen LogP contribution in [0.2, 0.25) is 0 Å². The highest BCUT2D eigenvalue weighted by Crippen LogP contribution is 2.12. The zero-order chi connectivity index (χ0) is 13.4. The van der Waals surface area contributed by atoms with E-state index >= 15 is 0 Å². The Kier molecular flexibility index (Phi) is 7.73. The zero-order valence-electron chi connectivity index (χ0n) is 10.7. The van der Waals surface area contributed by atoms with Crippen molar-refractivity contribution in [1.29, 1.82) is 0 Å². The summed E-state index contributed by atoms with van der Waals surface area (Å²) in [4.78, 5) is 0. The first-order valence-electron chi connectivity index (χ1n) is 6.64. The molecule has 0 radical (unpaired) electrons. The average molecular weight is 263 g/mol. The summed E-state index contributed by atoms with van der Waals surface area (Å²) in [5.74, 6) is 0. The SMILES string of the molecule is OC[C@@H](O)C1OCCCCCCNC[C@H](O)[C@H]1O. The molecule has 6 heteroatoms. The number of ether oxygens (including phenoxy) is 1. The molecular formula is C12H25NO5. The molecule has 18 heavy (non-hydrogen) atoms. The van der Waals surface area contributed by atoms with Gasteiger partial charge >= 0.3 is 0 Å². The third-order valence-electron chi connectivity index (χ3n) is 3.21. The van der Waals surface area contributed by atoms with E-state index in [9.17, 15) is 15.3 Å². The lowest BCUT2D eigenvalue weighted by Crippen LogP contribution is -2.50. The molecule has 0 aromatic heterocycles. The Balaban J connectivity index is 2.58. The minimum atomic E-state index is -1.21. The quantitative estimate of drug-likeness (QED) is 0.420. The van der Waals surface area contributed by atoms with Crippen LogP contribution in [0.5, 0.6) is 0 Å². The molecule has 0 aliphatic carbocycles. The van der Waals surface area contributed by atoms with Crippen molar-refractivity contribution in [2.24, 2.45) is 0 Å². The number of β-amino-alcohol motifs (C(OH)–C–C–N with tert-alkyl or cyclic N) is 1. The molecular weight excluding hydrogens is 238 g/mol. The monoisotopic (exact) mass is 263 g/mol. The van der Waals surface area contributed by atoms with Crippen LogP contribution in [0.25, 0.3) is 0 Å². The molecule has 1 saturated heterocycles. The van der Waals surface area contributed by atoms with Crippen molar-refractivity contribution in [3.05, 3.63) is 0 Å². The summed E-state index contributed by atoms with van der Waals surface area (Å²) in [6, 6.07) is 0. The van der Waals surface area contributed by atoms with E-state index in [0.29, 0.717) is 6.61 Å². The van der Waals surface area contributed by atoms with Crippen molar-refractivity contribution < 1.29 is 25.2 Å². The number of hydrogen-bond acceptors (Lipinski definition) is 6. The third-order valence-corrected chi connectivity index (χ3v) is 3.21. The highest BCUT2D eigenvalue weighted by atomic mass is 16.5. The normalized spacial score (nSPS) is 34.3. The standard InChI is InChI=1S/C12H25NO5/c14-8-10(16)12-11(17)9(15)7-13-5-3-1-2-4-6-18-12/h9-17H,1-8H2/t9-,10+,11+,12?/m0/s1. The van der Waals surface area contributed by atoms with Gasteiger partial charge in [-0.25, -0.2) is 0 Å². The molecule has 1 unspecified atom stereocenters. The highest BCUT2D eigenvalue weighted by molar-refractivity contribution is 4.83. The summed E-state index contributed by atoms with van der Waals surface area (Å²) in [6.45, 7) is 0.970. The summed E-state index contributed by atoms with van der Waals surface area (Å²) in [5.41, 5.74) is 0. The van der Waals surface area contributed by atoms with Gasteiger partial charge < -0.3 is 30.5 Å². The molecule has 1 fully saturated rings. The highest BCUT2D eigenvalue weighted by Gasteiger charge is 2.32. The van der Waals surface area contributed by atoms with Gasteiger partial charge in [0.1, 0.15) is 18.3 Å². The molecule has 0 amide bonds. The fourth-order valence-corrected chi connectivity index (χ4v) is 2.06. The van der Waals surface area contributed by atoms with E-state index in [-0.39, 0.29) is 6.54 Å². The van der Waals surface area contributed by atoms with Crippen molar-refractivity contribution in [1.82, 2.24) is 5.32 Å². The Morgan fingerprint density at radius 1 is 1.17 bits per heavy atom. The molecule has 0 bridgehead atoms. The van der Waals surface area contributed by atoms with Crippen molar-refractivity contribution in [2.45, 2.75) is 50.1 Å². The Labute approximate surface area is 108 Å². The Hall–Kier alpha value is -0.240. The molecule has 0 aromatic rings. The molecule has 0 spiro atoms. The van der Waals surface area contributed by atoms with Crippen LogP contribution in [0.15, 0.2) is 0 Å². The van der Waals surface area contributed by atoms with Gasteiger partial charge in [0.2, 0.25) is 0 Å². The lowest BCUT2D eigenvalue weighted by Gasteiger charge is -2.30. The van der Waals surface area contributed by atoms with E-state index < -0.39 is 31.0 Å². The minimum absolute atomic E-state index is 0.249. The maximum atomic E-state index is 9.94.